The van der Waals surface area contributed by atoms with Crippen molar-refractivity contribution in [1.29, 1.82) is 0 Å². The Bertz CT molecular complexity index is 407. The number of thiocarbonyl (C=S) groups is 1. The molecule has 17 heavy (non-hydrogen) atoms. The lowest BCUT2D eigenvalue weighted by Crippen LogP contribution is -2.24. The molecule has 1 aromatic carbocycles. The number of nitrogens with one attached hydrogen (secondary N) is 1. The van der Waals surface area contributed by atoms with E-state index in [-0.39, 0.29) is 5.11 Å². The van der Waals surface area contributed by atoms with E-state index in [2.05, 4.69) is 39.8 Å². The molecule has 5 heteroatoms. The van der Waals surface area contributed by atoms with Gasteiger partial charge in [0.05, 0.1) is 6.21 Å². The van der Waals surface area contributed by atoms with E-state index in [1.165, 1.54) is 18.5 Å². The van der Waals surface area contributed by atoms with Gasteiger partial charge in [-0.1, -0.05) is 12.1 Å². The van der Waals surface area contributed by atoms with Crippen molar-refractivity contribution < 1.29 is 0 Å². The molecule has 0 aromatic heterocycles. The highest BCUT2D eigenvalue weighted by Crippen LogP contribution is 2.19. The van der Waals surface area contributed by atoms with E-state index >= 15 is 0 Å². The van der Waals surface area contributed by atoms with Crippen molar-refractivity contribution >= 4 is 29.2 Å². The van der Waals surface area contributed by atoms with Gasteiger partial charge in [-0.15, -0.1) is 0 Å². The highest BCUT2D eigenvalue weighted by atomic mass is 32.1. The molecule has 1 aliphatic heterocycles. The number of hydrogen-bond acceptors (Lipinski definition) is 3. The fourth-order valence-corrected chi connectivity index (χ4v) is 1.97. The minimum absolute atomic E-state index is 0.176. The molecule has 2 rings (SSSR count). The molecule has 0 aliphatic carbocycles. The van der Waals surface area contributed by atoms with E-state index in [4.69, 9.17) is 5.73 Å². The smallest absolute Gasteiger partial charge is 0.184 e. The molecule has 0 spiro atoms. The third-order valence-electron chi connectivity index (χ3n) is 2.75. The lowest BCUT2D eigenvalue weighted by atomic mass is 10.2. The molecule has 90 valence electrons. The topological polar surface area (TPSA) is 53.6 Å². The molecule has 1 heterocycles. The second-order valence-electron chi connectivity index (χ2n) is 4.02. The summed E-state index contributed by atoms with van der Waals surface area (Å²) in [5.41, 5.74) is 10.1. The van der Waals surface area contributed by atoms with Crippen LogP contribution in [0.3, 0.4) is 0 Å². The summed E-state index contributed by atoms with van der Waals surface area (Å²) in [6.07, 6.45) is 4.29. The third-order valence-corrected chi connectivity index (χ3v) is 2.84. The van der Waals surface area contributed by atoms with Crippen LogP contribution in [0.5, 0.6) is 0 Å². The molecule has 0 atom stereocenters. The highest BCUT2D eigenvalue weighted by Gasteiger charge is 2.11. The Morgan fingerprint density at radius 1 is 1.29 bits per heavy atom. The molecule has 1 aromatic rings. The molecule has 3 N–H and O–H groups in total. The molecule has 0 radical (unpaired) electrons. The average molecular weight is 248 g/mol. The Kier molecular flexibility index (Phi) is 3.93. The van der Waals surface area contributed by atoms with Gasteiger partial charge in [0.2, 0.25) is 0 Å². The van der Waals surface area contributed by atoms with E-state index in [1.807, 2.05) is 12.1 Å². The zero-order valence-electron chi connectivity index (χ0n) is 9.60. The lowest BCUT2D eigenvalue weighted by molar-refractivity contribution is 0.949. The van der Waals surface area contributed by atoms with Crippen molar-refractivity contribution in [3.05, 3.63) is 29.8 Å². The summed E-state index contributed by atoms with van der Waals surface area (Å²) < 4.78 is 0. The lowest BCUT2D eigenvalue weighted by Gasteiger charge is -2.17. The first-order valence-electron chi connectivity index (χ1n) is 5.69. The van der Waals surface area contributed by atoms with Crippen molar-refractivity contribution in [2.45, 2.75) is 12.8 Å². The molecule has 0 bridgehead atoms. The van der Waals surface area contributed by atoms with Crippen LogP contribution in [0.1, 0.15) is 18.4 Å². The molecular formula is C12H16N4S. The molecule has 1 fully saturated rings. The number of hydrazone groups is 1. The van der Waals surface area contributed by atoms with Gasteiger partial charge in [-0.25, -0.2) is 0 Å². The van der Waals surface area contributed by atoms with E-state index in [1.54, 1.807) is 6.21 Å². The first-order valence-corrected chi connectivity index (χ1v) is 6.10. The van der Waals surface area contributed by atoms with Crippen molar-refractivity contribution in [1.82, 2.24) is 5.43 Å². The monoisotopic (exact) mass is 248 g/mol. The summed E-state index contributed by atoms with van der Waals surface area (Å²) in [5.74, 6) is 0. The Hall–Kier alpha value is -1.62. The number of anilines is 1. The van der Waals surface area contributed by atoms with Crippen LogP contribution in [-0.4, -0.2) is 24.4 Å². The number of rotatable bonds is 3. The summed E-state index contributed by atoms with van der Waals surface area (Å²) >= 11 is 4.65. The summed E-state index contributed by atoms with van der Waals surface area (Å²) in [5, 5.41) is 4.09. The van der Waals surface area contributed by atoms with Gasteiger partial charge in [0.1, 0.15) is 0 Å². The Balaban J connectivity index is 1.97. The Morgan fingerprint density at radius 3 is 2.53 bits per heavy atom. The maximum Gasteiger partial charge on any atom is 0.184 e. The number of benzene rings is 1. The second kappa shape index (κ2) is 5.63. The fourth-order valence-electron chi connectivity index (χ4n) is 1.92. The number of nitrogens with zero attached hydrogens (tertiary/aromatic N) is 2. The molecule has 0 saturated carbocycles. The number of hydrogen-bond donors (Lipinski definition) is 2. The largest absolute Gasteiger partial charge is 0.375 e. The van der Waals surface area contributed by atoms with E-state index in [9.17, 15) is 0 Å². The minimum Gasteiger partial charge on any atom is -0.375 e. The highest BCUT2D eigenvalue weighted by molar-refractivity contribution is 7.80. The van der Waals surface area contributed by atoms with E-state index in [0.29, 0.717) is 0 Å². The van der Waals surface area contributed by atoms with Crippen LogP contribution in [0.4, 0.5) is 5.69 Å². The van der Waals surface area contributed by atoms with Crippen LogP contribution in [0.15, 0.2) is 29.4 Å². The van der Waals surface area contributed by atoms with E-state index in [0.717, 1.165) is 18.7 Å². The van der Waals surface area contributed by atoms with Gasteiger partial charge in [0.15, 0.2) is 5.11 Å². The van der Waals surface area contributed by atoms with Crippen LogP contribution in [0, 0.1) is 0 Å². The maximum atomic E-state index is 5.26. The van der Waals surface area contributed by atoms with E-state index < -0.39 is 0 Å². The maximum absolute atomic E-state index is 5.26. The first kappa shape index (κ1) is 11.9. The van der Waals surface area contributed by atoms with Gasteiger partial charge in [-0.3, -0.25) is 5.43 Å². The van der Waals surface area contributed by atoms with Gasteiger partial charge in [0, 0.05) is 18.8 Å². The van der Waals surface area contributed by atoms with Gasteiger partial charge in [-0.2, -0.15) is 5.10 Å². The standard InChI is InChI=1S/C12H16N4S/c13-12(17)15-14-9-10-3-5-11(6-4-10)16-7-1-2-8-16/h3-6,9H,1-2,7-8H2,(H3,13,15,17)/b14-9+. The minimum atomic E-state index is 0.176. The van der Waals surface area contributed by atoms with Gasteiger partial charge < -0.3 is 10.6 Å². The molecule has 4 nitrogen and oxygen atoms in total. The molecule has 1 aliphatic rings. The van der Waals surface area contributed by atoms with Crippen LogP contribution in [-0.2, 0) is 0 Å². The van der Waals surface area contributed by atoms with Crippen molar-refractivity contribution in [2.24, 2.45) is 10.8 Å². The normalized spacial score (nSPS) is 15.4. The van der Waals surface area contributed by atoms with Crippen LogP contribution >= 0.6 is 12.2 Å². The Morgan fingerprint density at radius 2 is 1.94 bits per heavy atom. The zero-order valence-corrected chi connectivity index (χ0v) is 10.4. The summed E-state index contributed by atoms with van der Waals surface area (Å²) in [6.45, 7) is 2.33. The van der Waals surface area contributed by atoms with Crippen molar-refractivity contribution in [2.75, 3.05) is 18.0 Å². The molecule has 0 unspecified atom stereocenters. The zero-order chi connectivity index (χ0) is 12.1. The third kappa shape index (κ3) is 3.42. The molecule has 1 saturated heterocycles. The average Bonchev–Trinajstić information content (AvgIpc) is 2.83. The van der Waals surface area contributed by atoms with Crippen LogP contribution < -0.4 is 16.1 Å². The predicted molar refractivity (Wildman–Crippen MR) is 75.4 cm³/mol. The fraction of sp³-hybridized carbons (Fsp3) is 0.333. The first-order chi connectivity index (χ1) is 8.25. The van der Waals surface area contributed by atoms with Gasteiger partial charge in [-0.05, 0) is 42.8 Å². The predicted octanol–water partition coefficient (Wildman–Crippen LogP) is 1.45. The second-order valence-corrected chi connectivity index (χ2v) is 4.46. The van der Waals surface area contributed by atoms with Crippen LogP contribution in [0.2, 0.25) is 0 Å². The number of nitrogens with two attached hydrogens (primary N) is 1. The van der Waals surface area contributed by atoms with Gasteiger partial charge in [0.25, 0.3) is 0 Å². The molecule has 0 amide bonds. The molecular weight excluding hydrogens is 232 g/mol. The van der Waals surface area contributed by atoms with Crippen molar-refractivity contribution in [3.63, 3.8) is 0 Å². The van der Waals surface area contributed by atoms with Crippen molar-refractivity contribution in [3.8, 4) is 0 Å². The quantitative estimate of drug-likeness (QED) is 0.483. The summed E-state index contributed by atoms with van der Waals surface area (Å²) in [4.78, 5) is 2.40. The summed E-state index contributed by atoms with van der Waals surface area (Å²) in [6, 6.07) is 8.32. The Labute approximate surface area is 106 Å². The SMILES string of the molecule is NC(=S)N/N=C/c1ccc(N2CCCC2)cc1. The van der Waals surface area contributed by atoms with Crippen LogP contribution in [0.25, 0.3) is 0 Å². The summed E-state index contributed by atoms with van der Waals surface area (Å²) in [7, 11) is 0. The van der Waals surface area contributed by atoms with Gasteiger partial charge >= 0.3 is 0 Å².